The first-order chi connectivity index (χ1) is 12.7. The minimum Gasteiger partial charge on any atom is -0.336 e. The number of pyridine rings is 1. The van der Waals surface area contributed by atoms with Gasteiger partial charge in [-0.3, -0.25) is 9.20 Å². The van der Waals surface area contributed by atoms with Crippen molar-refractivity contribution >= 4 is 29.2 Å². The van der Waals surface area contributed by atoms with Gasteiger partial charge in [-0.2, -0.15) is 0 Å². The molecule has 132 valence electrons. The van der Waals surface area contributed by atoms with Crippen molar-refractivity contribution in [3.8, 4) is 0 Å². The second-order valence-corrected chi connectivity index (χ2v) is 6.93. The molecule has 1 unspecified atom stereocenters. The Bertz CT molecular complexity index is 948. The van der Waals surface area contributed by atoms with Crippen LogP contribution in [0.15, 0.2) is 60.8 Å². The van der Waals surface area contributed by atoms with Gasteiger partial charge in [0.1, 0.15) is 5.65 Å². The molecule has 1 aliphatic heterocycles. The fourth-order valence-corrected chi connectivity index (χ4v) is 3.85. The molecule has 1 amide bonds. The van der Waals surface area contributed by atoms with Crippen LogP contribution in [0.2, 0.25) is 5.15 Å². The van der Waals surface area contributed by atoms with E-state index in [4.69, 9.17) is 11.6 Å². The summed E-state index contributed by atoms with van der Waals surface area (Å²) in [5, 5.41) is 0.405. The number of aromatic nitrogens is 2. The maximum absolute atomic E-state index is 12.8. The molecule has 0 N–H and O–H groups in total. The van der Waals surface area contributed by atoms with Crippen LogP contribution in [-0.2, 0) is 11.2 Å². The second kappa shape index (κ2) is 7.34. The number of benzene rings is 1. The maximum atomic E-state index is 12.8. The van der Waals surface area contributed by atoms with Gasteiger partial charge in [0.2, 0.25) is 5.91 Å². The highest BCUT2D eigenvalue weighted by atomic mass is 35.5. The van der Waals surface area contributed by atoms with E-state index in [1.165, 1.54) is 5.56 Å². The lowest BCUT2D eigenvalue weighted by molar-refractivity contribution is -0.126. The van der Waals surface area contributed by atoms with Gasteiger partial charge in [0.05, 0.1) is 5.69 Å². The fraction of sp³-hybridized carbons (Fsp3) is 0.238. The van der Waals surface area contributed by atoms with E-state index in [2.05, 4.69) is 17.1 Å². The van der Waals surface area contributed by atoms with Crippen LogP contribution >= 0.6 is 11.6 Å². The van der Waals surface area contributed by atoms with Gasteiger partial charge in [-0.1, -0.05) is 48.0 Å². The first kappa shape index (κ1) is 16.9. The van der Waals surface area contributed by atoms with Gasteiger partial charge in [0.15, 0.2) is 5.15 Å². The molecule has 3 heterocycles. The van der Waals surface area contributed by atoms with Crippen LogP contribution in [-0.4, -0.2) is 32.8 Å². The van der Waals surface area contributed by atoms with E-state index in [0.29, 0.717) is 5.15 Å². The molecule has 5 heteroatoms. The lowest BCUT2D eigenvalue weighted by Gasteiger charge is -2.23. The van der Waals surface area contributed by atoms with Crippen LogP contribution in [0.4, 0.5) is 0 Å². The maximum Gasteiger partial charge on any atom is 0.246 e. The summed E-state index contributed by atoms with van der Waals surface area (Å²) in [5.41, 5.74) is 2.77. The molecule has 26 heavy (non-hydrogen) atoms. The Morgan fingerprint density at radius 2 is 2.00 bits per heavy atom. The van der Waals surface area contributed by atoms with E-state index >= 15 is 0 Å². The molecular formula is C21H20ClN3O. The van der Waals surface area contributed by atoms with Crippen molar-refractivity contribution in [1.29, 1.82) is 0 Å². The highest BCUT2D eigenvalue weighted by Crippen LogP contribution is 2.23. The number of likely N-dealkylation sites (tertiary alicyclic amines) is 1. The summed E-state index contributed by atoms with van der Waals surface area (Å²) in [6.45, 7) is 0.807. The molecule has 0 bridgehead atoms. The molecule has 0 radical (unpaired) electrons. The average Bonchev–Trinajstić information content (AvgIpc) is 3.24. The molecule has 1 aromatic carbocycles. The van der Waals surface area contributed by atoms with E-state index in [1.807, 2.05) is 51.9 Å². The Hall–Kier alpha value is -2.59. The van der Waals surface area contributed by atoms with Crippen molar-refractivity contribution in [2.24, 2.45) is 0 Å². The van der Waals surface area contributed by atoms with Crippen molar-refractivity contribution in [3.63, 3.8) is 0 Å². The van der Waals surface area contributed by atoms with Gasteiger partial charge < -0.3 is 4.90 Å². The first-order valence-corrected chi connectivity index (χ1v) is 9.25. The van der Waals surface area contributed by atoms with Crippen LogP contribution in [0.25, 0.3) is 11.7 Å². The highest BCUT2D eigenvalue weighted by molar-refractivity contribution is 6.31. The Morgan fingerprint density at radius 3 is 2.85 bits per heavy atom. The van der Waals surface area contributed by atoms with E-state index in [-0.39, 0.29) is 11.9 Å². The minimum atomic E-state index is 0.0328. The molecule has 1 saturated heterocycles. The first-order valence-electron chi connectivity index (χ1n) is 8.87. The molecule has 4 nitrogen and oxygen atoms in total. The molecular weight excluding hydrogens is 346 g/mol. The smallest absolute Gasteiger partial charge is 0.246 e. The van der Waals surface area contributed by atoms with E-state index in [0.717, 1.165) is 37.1 Å². The number of hydrogen-bond donors (Lipinski definition) is 0. The van der Waals surface area contributed by atoms with Crippen molar-refractivity contribution in [3.05, 3.63) is 77.2 Å². The standard InChI is InChI=1S/C21H20ClN3O/c22-21-18(25-13-5-4-10-19(25)23-21)11-12-20(26)24-14-6-9-17(24)15-16-7-2-1-3-8-16/h1-5,7-8,10-13,17H,6,9,14-15H2/b12-11+. The van der Waals surface area contributed by atoms with Gasteiger partial charge in [0.25, 0.3) is 0 Å². The Morgan fingerprint density at radius 1 is 1.19 bits per heavy atom. The molecule has 4 rings (SSSR count). The number of nitrogens with zero attached hydrogens (tertiary/aromatic N) is 3. The van der Waals surface area contributed by atoms with Crippen molar-refractivity contribution < 1.29 is 4.79 Å². The highest BCUT2D eigenvalue weighted by Gasteiger charge is 2.27. The average molecular weight is 366 g/mol. The van der Waals surface area contributed by atoms with Gasteiger partial charge in [-0.05, 0) is 43.0 Å². The van der Waals surface area contributed by atoms with Gasteiger partial charge in [-0.15, -0.1) is 0 Å². The summed E-state index contributed by atoms with van der Waals surface area (Å²) in [4.78, 5) is 19.0. The van der Waals surface area contributed by atoms with E-state index in [9.17, 15) is 4.79 Å². The van der Waals surface area contributed by atoms with Crippen LogP contribution in [0, 0.1) is 0 Å². The molecule has 0 spiro atoms. The molecule has 1 aliphatic rings. The Balaban J connectivity index is 1.51. The molecule has 3 aromatic rings. The lowest BCUT2D eigenvalue weighted by atomic mass is 10.0. The van der Waals surface area contributed by atoms with Crippen LogP contribution in [0.5, 0.6) is 0 Å². The third-order valence-electron chi connectivity index (χ3n) is 4.88. The van der Waals surface area contributed by atoms with Crippen molar-refractivity contribution in [2.75, 3.05) is 6.54 Å². The van der Waals surface area contributed by atoms with Crippen molar-refractivity contribution in [2.45, 2.75) is 25.3 Å². The Kier molecular flexibility index (Phi) is 4.76. The van der Waals surface area contributed by atoms with Crippen molar-refractivity contribution in [1.82, 2.24) is 14.3 Å². The topological polar surface area (TPSA) is 37.6 Å². The van der Waals surface area contributed by atoms with E-state index in [1.54, 1.807) is 12.2 Å². The van der Waals surface area contributed by atoms with Crippen LogP contribution in [0.3, 0.4) is 0 Å². The monoisotopic (exact) mass is 365 g/mol. The molecule has 2 aromatic heterocycles. The summed E-state index contributed by atoms with van der Waals surface area (Å²) in [5.74, 6) is 0.0328. The van der Waals surface area contributed by atoms with E-state index < -0.39 is 0 Å². The number of rotatable bonds is 4. The third kappa shape index (κ3) is 3.37. The largest absolute Gasteiger partial charge is 0.336 e. The van der Waals surface area contributed by atoms with Gasteiger partial charge in [0, 0.05) is 24.9 Å². The summed E-state index contributed by atoms with van der Waals surface area (Å²) in [6, 6.07) is 16.3. The molecule has 0 aliphatic carbocycles. The predicted molar refractivity (Wildman–Crippen MR) is 104 cm³/mol. The molecule has 1 fully saturated rings. The van der Waals surface area contributed by atoms with Gasteiger partial charge >= 0.3 is 0 Å². The Labute approximate surface area is 157 Å². The van der Waals surface area contributed by atoms with Crippen LogP contribution < -0.4 is 0 Å². The summed E-state index contributed by atoms with van der Waals surface area (Å²) in [6.07, 6.45) is 8.27. The zero-order valence-electron chi connectivity index (χ0n) is 14.4. The summed E-state index contributed by atoms with van der Waals surface area (Å²) in [7, 11) is 0. The number of halogens is 1. The minimum absolute atomic E-state index is 0.0328. The summed E-state index contributed by atoms with van der Waals surface area (Å²) < 4.78 is 1.89. The normalized spacial score (nSPS) is 17.4. The molecule has 0 saturated carbocycles. The summed E-state index contributed by atoms with van der Waals surface area (Å²) >= 11 is 6.24. The number of imidazole rings is 1. The fourth-order valence-electron chi connectivity index (χ4n) is 3.61. The predicted octanol–water partition coefficient (Wildman–Crippen LogP) is 4.23. The number of amides is 1. The quantitative estimate of drug-likeness (QED) is 0.649. The number of carbonyl (C=O) groups excluding carboxylic acids is 1. The van der Waals surface area contributed by atoms with Crippen LogP contribution in [0.1, 0.15) is 24.1 Å². The number of hydrogen-bond acceptors (Lipinski definition) is 2. The number of fused-ring (bicyclic) bond motifs is 1. The van der Waals surface area contributed by atoms with Gasteiger partial charge in [-0.25, -0.2) is 4.98 Å². The lowest BCUT2D eigenvalue weighted by Crippen LogP contribution is -2.35. The second-order valence-electron chi connectivity index (χ2n) is 6.57. The third-order valence-corrected chi connectivity index (χ3v) is 5.16. The number of carbonyl (C=O) groups is 1. The SMILES string of the molecule is O=C(/C=C/c1c(Cl)nc2ccccn12)N1CCCC1Cc1ccccc1. The zero-order chi connectivity index (χ0) is 17.9. The zero-order valence-corrected chi connectivity index (χ0v) is 15.1. The molecule has 1 atom stereocenters.